The van der Waals surface area contributed by atoms with Gasteiger partial charge in [-0.1, -0.05) is 0 Å². The van der Waals surface area contributed by atoms with E-state index in [9.17, 15) is 4.79 Å². The van der Waals surface area contributed by atoms with Gasteiger partial charge in [0.2, 0.25) is 5.91 Å². The number of rotatable bonds is 4. The van der Waals surface area contributed by atoms with Crippen LogP contribution in [-0.2, 0) is 4.79 Å². The van der Waals surface area contributed by atoms with Crippen LogP contribution in [0.3, 0.4) is 0 Å². The van der Waals surface area contributed by atoms with Crippen molar-refractivity contribution >= 4 is 22.4 Å². The van der Waals surface area contributed by atoms with E-state index in [2.05, 4.69) is 20.5 Å². The number of carbonyl (C=O) groups excluding carboxylic acids is 1. The number of aromatic nitrogens is 1. The molecule has 0 radical (unpaired) electrons. The fourth-order valence-corrected chi connectivity index (χ4v) is 2.86. The predicted octanol–water partition coefficient (Wildman–Crippen LogP) is 1.07. The third kappa shape index (κ3) is 3.76. The van der Waals surface area contributed by atoms with Gasteiger partial charge in [-0.2, -0.15) is 0 Å². The molecule has 0 spiro atoms. The molecule has 1 aromatic heterocycles. The lowest BCUT2D eigenvalue weighted by Gasteiger charge is -2.31. The summed E-state index contributed by atoms with van der Waals surface area (Å²) in [5, 5.41) is 8.77. The Kier molecular flexibility index (Phi) is 4.68. The first-order chi connectivity index (χ1) is 8.67. The lowest BCUT2D eigenvalue weighted by molar-refractivity contribution is -0.117. The van der Waals surface area contributed by atoms with Crippen molar-refractivity contribution in [2.75, 3.05) is 32.0 Å². The molecule has 1 aliphatic rings. The molecule has 0 saturated carbocycles. The Morgan fingerprint density at radius 3 is 2.83 bits per heavy atom. The zero-order valence-corrected chi connectivity index (χ0v) is 11.7. The van der Waals surface area contributed by atoms with Crippen LogP contribution in [0, 0.1) is 6.92 Å². The quantitative estimate of drug-likeness (QED) is 0.858. The highest BCUT2D eigenvalue weighted by Crippen LogP contribution is 2.15. The van der Waals surface area contributed by atoms with Crippen LogP contribution >= 0.6 is 11.3 Å². The Bertz CT molecular complexity index is 399. The molecule has 1 fully saturated rings. The Morgan fingerprint density at radius 2 is 2.28 bits per heavy atom. The van der Waals surface area contributed by atoms with Gasteiger partial charge in [-0.25, -0.2) is 4.98 Å². The molecule has 2 rings (SSSR count). The number of anilines is 1. The van der Waals surface area contributed by atoms with E-state index in [1.54, 1.807) is 0 Å². The van der Waals surface area contributed by atoms with Crippen molar-refractivity contribution in [2.24, 2.45) is 0 Å². The summed E-state index contributed by atoms with van der Waals surface area (Å²) in [6, 6.07) is 0.603. The zero-order chi connectivity index (χ0) is 13.0. The molecule has 0 atom stereocenters. The van der Waals surface area contributed by atoms with Crippen molar-refractivity contribution in [1.82, 2.24) is 15.2 Å². The lowest BCUT2D eigenvalue weighted by atomic mass is 10.1. The highest BCUT2D eigenvalue weighted by Gasteiger charge is 2.19. The molecule has 0 aromatic carbocycles. The van der Waals surface area contributed by atoms with E-state index >= 15 is 0 Å². The van der Waals surface area contributed by atoms with E-state index < -0.39 is 0 Å². The first-order valence-corrected chi connectivity index (χ1v) is 7.17. The molecule has 2 heterocycles. The topological polar surface area (TPSA) is 57.3 Å². The summed E-state index contributed by atoms with van der Waals surface area (Å²) in [5.41, 5.74) is 0.949. The van der Waals surface area contributed by atoms with E-state index in [0.29, 0.717) is 17.7 Å². The molecule has 5 nitrogen and oxygen atoms in total. The fraction of sp³-hybridized carbons (Fsp3) is 0.667. The smallest absolute Gasteiger partial charge is 0.240 e. The van der Waals surface area contributed by atoms with Gasteiger partial charge in [0.05, 0.1) is 12.2 Å². The second kappa shape index (κ2) is 6.26. The Morgan fingerprint density at radius 1 is 1.56 bits per heavy atom. The number of carbonyl (C=O) groups is 1. The number of hydrogen-bond acceptors (Lipinski definition) is 5. The normalized spacial score (nSPS) is 17.9. The molecule has 0 unspecified atom stereocenters. The molecular formula is C12H20N4OS. The molecule has 0 bridgehead atoms. The highest BCUT2D eigenvalue weighted by atomic mass is 32.1. The Hall–Kier alpha value is -0.980. The average Bonchev–Trinajstić information content (AvgIpc) is 2.75. The van der Waals surface area contributed by atoms with Crippen LogP contribution < -0.4 is 10.6 Å². The number of aryl methyl sites for hydroxylation is 1. The first kappa shape index (κ1) is 13.5. The number of nitrogens with one attached hydrogen (secondary N) is 2. The summed E-state index contributed by atoms with van der Waals surface area (Å²) in [6.45, 7) is 4.36. The van der Waals surface area contributed by atoms with Gasteiger partial charge in [0, 0.05) is 24.5 Å². The van der Waals surface area contributed by atoms with Gasteiger partial charge in [0.15, 0.2) is 5.13 Å². The number of piperidine rings is 1. The van der Waals surface area contributed by atoms with Gasteiger partial charge in [0.25, 0.3) is 0 Å². The minimum absolute atomic E-state index is 0.0345. The lowest BCUT2D eigenvalue weighted by Crippen LogP contribution is -2.44. The number of thiazole rings is 1. The van der Waals surface area contributed by atoms with Crippen LogP contribution in [0.5, 0.6) is 0 Å². The van der Waals surface area contributed by atoms with E-state index in [0.717, 1.165) is 31.6 Å². The maximum atomic E-state index is 11.8. The maximum absolute atomic E-state index is 11.8. The summed E-state index contributed by atoms with van der Waals surface area (Å²) in [7, 11) is 2.00. The maximum Gasteiger partial charge on any atom is 0.240 e. The molecule has 2 N–H and O–H groups in total. The average molecular weight is 268 g/mol. The van der Waals surface area contributed by atoms with Crippen molar-refractivity contribution in [3.63, 3.8) is 0 Å². The molecule has 18 heavy (non-hydrogen) atoms. The molecule has 1 amide bonds. The SMILES string of the molecule is CNC1CCN(CC(=O)Nc2nc(C)cs2)CC1. The van der Waals surface area contributed by atoms with Gasteiger partial charge in [0.1, 0.15) is 0 Å². The Labute approximate surface area is 112 Å². The van der Waals surface area contributed by atoms with Crippen molar-refractivity contribution in [3.8, 4) is 0 Å². The first-order valence-electron chi connectivity index (χ1n) is 6.29. The minimum Gasteiger partial charge on any atom is -0.317 e. The van der Waals surface area contributed by atoms with E-state index in [-0.39, 0.29) is 5.91 Å². The summed E-state index contributed by atoms with van der Waals surface area (Å²) in [6.07, 6.45) is 2.22. The molecule has 0 aliphatic carbocycles. The van der Waals surface area contributed by atoms with Gasteiger partial charge in [-0.3, -0.25) is 9.69 Å². The Balaban J connectivity index is 1.75. The van der Waals surface area contributed by atoms with Crippen molar-refractivity contribution in [2.45, 2.75) is 25.8 Å². The number of hydrogen-bond donors (Lipinski definition) is 2. The fourth-order valence-electron chi connectivity index (χ4n) is 2.15. The second-order valence-corrected chi connectivity index (χ2v) is 5.54. The van der Waals surface area contributed by atoms with E-state index in [1.807, 2.05) is 19.4 Å². The van der Waals surface area contributed by atoms with Crippen molar-refractivity contribution in [3.05, 3.63) is 11.1 Å². The number of likely N-dealkylation sites (tertiary alicyclic amines) is 1. The summed E-state index contributed by atoms with van der Waals surface area (Å²) in [5.74, 6) is 0.0345. The van der Waals surface area contributed by atoms with Crippen LogP contribution in [0.2, 0.25) is 0 Å². The monoisotopic (exact) mass is 268 g/mol. The third-order valence-corrected chi connectivity index (χ3v) is 4.10. The van der Waals surface area contributed by atoms with Crippen molar-refractivity contribution < 1.29 is 4.79 Å². The summed E-state index contributed by atoms with van der Waals surface area (Å²) >= 11 is 1.47. The molecule has 1 aromatic rings. The van der Waals surface area contributed by atoms with Crippen LogP contribution in [0.15, 0.2) is 5.38 Å². The van der Waals surface area contributed by atoms with Gasteiger partial charge in [-0.15, -0.1) is 11.3 Å². The molecular weight excluding hydrogens is 248 g/mol. The largest absolute Gasteiger partial charge is 0.317 e. The third-order valence-electron chi connectivity index (χ3n) is 3.23. The van der Waals surface area contributed by atoms with Crippen LogP contribution in [-0.4, -0.2) is 48.5 Å². The van der Waals surface area contributed by atoms with Gasteiger partial charge < -0.3 is 10.6 Å². The van der Waals surface area contributed by atoms with Crippen LogP contribution in [0.1, 0.15) is 18.5 Å². The standard InChI is InChI=1S/C12H20N4OS/c1-9-8-18-12(14-9)15-11(17)7-16-5-3-10(13-2)4-6-16/h8,10,13H,3-7H2,1-2H3,(H,14,15,17). The predicted molar refractivity (Wildman–Crippen MR) is 74.0 cm³/mol. The summed E-state index contributed by atoms with van der Waals surface area (Å²) in [4.78, 5) is 18.3. The number of nitrogens with zero attached hydrogens (tertiary/aromatic N) is 2. The minimum atomic E-state index is 0.0345. The molecule has 1 saturated heterocycles. The van der Waals surface area contributed by atoms with Crippen LogP contribution in [0.25, 0.3) is 0 Å². The number of amides is 1. The highest BCUT2D eigenvalue weighted by molar-refractivity contribution is 7.13. The van der Waals surface area contributed by atoms with Crippen LogP contribution in [0.4, 0.5) is 5.13 Å². The second-order valence-electron chi connectivity index (χ2n) is 4.68. The molecule has 1 aliphatic heterocycles. The molecule has 6 heteroatoms. The summed E-state index contributed by atoms with van der Waals surface area (Å²) < 4.78 is 0. The van der Waals surface area contributed by atoms with E-state index in [1.165, 1.54) is 11.3 Å². The van der Waals surface area contributed by atoms with Crippen molar-refractivity contribution in [1.29, 1.82) is 0 Å². The molecule has 100 valence electrons. The van der Waals surface area contributed by atoms with E-state index in [4.69, 9.17) is 0 Å². The zero-order valence-electron chi connectivity index (χ0n) is 10.9. The van der Waals surface area contributed by atoms with Gasteiger partial charge in [-0.05, 0) is 26.8 Å². The van der Waals surface area contributed by atoms with Gasteiger partial charge >= 0.3 is 0 Å².